The maximum atomic E-state index is 13.5. The normalized spacial score (nSPS) is 11.8. The molecule has 26 heavy (non-hydrogen) atoms. The molecule has 0 saturated heterocycles. The van der Waals surface area contributed by atoms with Crippen LogP contribution in [0, 0.1) is 0 Å². The fourth-order valence-electron chi connectivity index (χ4n) is 2.74. The molecule has 3 nitrogen and oxygen atoms in total. The van der Waals surface area contributed by atoms with E-state index in [0.29, 0.717) is 5.75 Å². The van der Waals surface area contributed by atoms with Crippen molar-refractivity contribution in [2.45, 2.75) is 31.6 Å². The van der Waals surface area contributed by atoms with Crippen LogP contribution in [0.1, 0.15) is 25.7 Å². The minimum absolute atomic E-state index is 0.127. The maximum Gasteiger partial charge on any atom is 0.248 e. The van der Waals surface area contributed by atoms with Crippen LogP contribution in [0.15, 0.2) is 48.8 Å². The molecule has 0 aliphatic rings. The molecule has 3 rings (SSSR count). The van der Waals surface area contributed by atoms with Crippen LogP contribution in [0.2, 0.25) is 0 Å². The van der Waals surface area contributed by atoms with Crippen molar-refractivity contribution in [3.63, 3.8) is 0 Å². The summed E-state index contributed by atoms with van der Waals surface area (Å²) in [7, 11) is 0. The Labute approximate surface area is 155 Å². The number of halogens is 2. The largest absolute Gasteiger partial charge is 0.494 e. The third-order valence-corrected chi connectivity index (χ3v) is 5.24. The zero-order valence-corrected chi connectivity index (χ0v) is 15.1. The van der Waals surface area contributed by atoms with Gasteiger partial charge in [0.15, 0.2) is 0 Å². The van der Waals surface area contributed by atoms with Gasteiger partial charge in [0, 0.05) is 47.0 Å². The molecular weight excluding hydrogens is 356 g/mol. The second-order valence-electron chi connectivity index (χ2n) is 6.19. The van der Waals surface area contributed by atoms with Crippen molar-refractivity contribution < 1.29 is 18.6 Å². The third-order valence-electron chi connectivity index (χ3n) is 4.09. The van der Waals surface area contributed by atoms with E-state index in [4.69, 9.17) is 9.84 Å². The van der Waals surface area contributed by atoms with Crippen molar-refractivity contribution in [1.82, 2.24) is 4.98 Å². The summed E-state index contributed by atoms with van der Waals surface area (Å²) in [5.41, 5.74) is 1.07. The highest BCUT2D eigenvalue weighted by atomic mass is 32.1. The van der Waals surface area contributed by atoms with Crippen LogP contribution in [0.5, 0.6) is 5.75 Å². The summed E-state index contributed by atoms with van der Waals surface area (Å²) in [4.78, 5) is 5.28. The molecule has 0 fully saturated rings. The summed E-state index contributed by atoms with van der Waals surface area (Å²) in [6.45, 7) is 0.0506. The molecule has 2 aromatic heterocycles. The van der Waals surface area contributed by atoms with Gasteiger partial charge in [-0.15, -0.1) is 11.3 Å². The first-order valence-corrected chi connectivity index (χ1v) is 9.44. The molecule has 3 aromatic rings. The van der Waals surface area contributed by atoms with Crippen LogP contribution in [0.4, 0.5) is 8.78 Å². The summed E-state index contributed by atoms with van der Waals surface area (Å²) in [5.74, 6) is -2.04. The number of ether oxygens (including phenoxy) is 1. The van der Waals surface area contributed by atoms with Gasteiger partial charge >= 0.3 is 0 Å². The molecule has 6 heteroatoms. The minimum Gasteiger partial charge on any atom is -0.494 e. The molecular formula is C20H21F2NO2S. The number of benzene rings is 1. The summed E-state index contributed by atoms with van der Waals surface area (Å²) in [6, 6.07) is 11.8. The number of aliphatic hydroxyl groups excluding tert-OH is 1. The first-order valence-electron chi connectivity index (χ1n) is 8.63. The molecule has 1 aromatic carbocycles. The first kappa shape index (κ1) is 18.7. The molecule has 0 atom stereocenters. The molecule has 0 unspecified atom stereocenters. The van der Waals surface area contributed by atoms with Gasteiger partial charge < -0.3 is 9.84 Å². The van der Waals surface area contributed by atoms with Gasteiger partial charge in [-0.25, -0.2) is 8.78 Å². The highest BCUT2D eigenvalue weighted by molar-refractivity contribution is 7.22. The standard InChI is InChI=1S/C20H21F2NO2S/c21-20(22,7-2-10-24)8-3-11-25-17-6-5-15-12-18(26-19(15)13-17)16-4-1-9-23-14-16/h1,4-6,9,12-14,24H,2-3,7-8,10-11H2. The minimum atomic E-state index is -2.73. The summed E-state index contributed by atoms with van der Waals surface area (Å²) in [5, 5.41) is 9.77. The van der Waals surface area contributed by atoms with Gasteiger partial charge in [-0.2, -0.15) is 0 Å². The van der Waals surface area contributed by atoms with Crippen LogP contribution in [0.25, 0.3) is 20.5 Å². The van der Waals surface area contributed by atoms with Gasteiger partial charge in [-0.1, -0.05) is 6.07 Å². The molecule has 0 radical (unpaired) electrons. The maximum absolute atomic E-state index is 13.5. The van der Waals surface area contributed by atoms with Crippen molar-refractivity contribution in [2.24, 2.45) is 0 Å². The number of pyridine rings is 1. The number of alkyl halides is 2. The van der Waals surface area contributed by atoms with Crippen molar-refractivity contribution in [2.75, 3.05) is 13.2 Å². The zero-order valence-electron chi connectivity index (χ0n) is 14.3. The Kier molecular flexibility index (Phi) is 6.16. The Balaban J connectivity index is 1.58. The van der Waals surface area contributed by atoms with E-state index in [1.165, 1.54) is 0 Å². The molecule has 0 aliphatic heterocycles. The predicted octanol–water partition coefficient (Wildman–Crippen LogP) is 5.53. The number of fused-ring (bicyclic) bond motifs is 1. The second kappa shape index (κ2) is 8.56. The van der Waals surface area contributed by atoms with E-state index in [0.717, 1.165) is 20.5 Å². The third kappa shape index (κ3) is 4.99. The molecule has 0 bridgehead atoms. The van der Waals surface area contributed by atoms with E-state index in [9.17, 15) is 8.78 Å². The van der Waals surface area contributed by atoms with Crippen LogP contribution < -0.4 is 4.74 Å². The SMILES string of the molecule is OCCCC(F)(F)CCCOc1ccc2cc(-c3cccnc3)sc2c1. The van der Waals surface area contributed by atoms with E-state index < -0.39 is 5.92 Å². The van der Waals surface area contributed by atoms with Gasteiger partial charge in [0.05, 0.1) is 6.61 Å². The molecule has 2 heterocycles. The van der Waals surface area contributed by atoms with Crippen molar-refractivity contribution in [1.29, 1.82) is 0 Å². The molecule has 0 spiro atoms. The Hall–Kier alpha value is -2.05. The molecule has 0 aliphatic carbocycles. The lowest BCUT2D eigenvalue weighted by molar-refractivity contribution is -0.0254. The van der Waals surface area contributed by atoms with E-state index in [1.54, 1.807) is 17.5 Å². The van der Waals surface area contributed by atoms with E-state index in [1.807, 2.05) is 36.5 Å². The lowest BCUT2D eigenvalue weighted by atomic mass is 10.1. The van der Waals surface area contributed by atoms with Crippen molar-refractivity contribution in [3.8, 4) is 16.2 Å². The quantitative estimate of drug-likeness (QED) is 0.499. The number of aromatic nitrogens is 1. The Morgan fingerprint density at radius 3 is 2.73 bits per heavy atom. The topological polar surface area (TPSA) is 42.4 Å². The van der Waals surface area contributed by atoms with Crippen molar-refractivity contribution >= 4 is 21.4 Å². The molecule has 138 valence electrons. The van der Waals surface area contributed by atoms with Crippen LogP contribution >= 0.6 is 11.3 Å². The number of rotatable bonds is 9. The lowest BCUT2D eigenvalue weighted by Gasteiger charge is -2.15. The average Bonchev–Trinajstić information content (AvgIpc) is 3.08. The number of hydrogen-bond acceptors (Lipinski definition) is 4. The van der Waals surface area contributed by atoms with E-state index in [2.05, 4.69) is 11.1 Å². The monoisotopic (exact) mass is 377 g/mol. The van der Waals surface area contributed by atoms with E-state index in [-0.39, 0.29) is 38.9 Å². The predicted molar refractivity (Wildman–Crippen MR) is 101 cm³/mol. The zero-order chi connectivity index (χ0) is 18.4. The number of hydrogen-bond donors (Lipinski definition) is 1. The Bertz CT molecular complexity index is 836. The fraction of sp³-hybridized carbons (Fsp3) is 0.350. The van der Waals surface area contributed by atoms with Crippen LogP contribution in [0.3, 0.4) is 0 Å². The summed E-state index contributed by atoms with van der Waals surface area (Å²) < 4.78 is 33.8. The second-order valence-corrected chi connectivity index (χ2v) is 7.27. The summed E-state index contributed by atoms with van der Waals surface area (Å²) >= 11 is 1.65. The molecule has 1 N–H and O–H groups in total. The molecule has 0 amide bonds. The highest BCUT2D eigenvalue weighted by Crippen LogP contribution is 2.35. The van der Waals surface area contributed by atoms with Crippen molar-refractivity contribution in [3.05, 3.63) is 48.8 Å². The fourth-order valence-corrected chi connectivity index (χ4v) is 3.82. The number of nitrogens with zero attached hydrogens (tertiary/aromatic N) is 1. The first-order chi connectivity index (χ1) is 12.6. The average molecular weight is 377 g/mol. The van der Waals surface area contributed by atoms with Crippen LogP contribution in [-0.4, -0.2) is 29.2 Å². The number of thiophene rings is 1. The highest BCUT2D eigenvalue weighted by Gasteiger charge is 2.27. The Morgan fingerprint density at radius 1 is 1.12 bits per heavy atom. The summed E-state index contributed by atoms with van der Waals surface area (Å²) in [6.07, 6.45) is 3.49. The van der Waals surface area contributed by atoms with Gasteiger partial charge in [0.2, 0.25) is 5.92 Å². The van der Waals surface area contributed by atoms with Gasteiger partial charge in [0.25, 0.3) is 0 Å². The van der Waals surface area contributed by atoms with E-state index >= 15 is 0 Å². The van der Waals surface area contributed by atoms with Gasteiger partial charge in [-0.3, -0.25) is 4.98 Å². The molecule has 0 saturated carbocycles. The van der Waals surface area contributed by atoms with Gasteiger partial charge in [0.1, 0.15) is 5.75 Å². The number of aliphatic hydroxyl groups is 1. The smallest absolute Gasteiger partial charge is 0.248 e. The van der Waals surface area contributed by atoms with Crippen LogP contribution in [-0.2, 0) is 0 Å². The Morgan fingerprint density at radius 2 is 1.96 bits per heavy atom. The van der Waals surface area contributed by atoms with Gasteiger partial charge in [-0.05, 0) is 48.6 Å². The lowest BCUT2D eigenvalue weighted by Crippen LogP contribution is -2.17.